The molecule has 1 atom stereocenters. The zero-order chi connectivity index (χ0) is 12.8. The fraction of sp³-hybridized carbons (Fsp3) is 0.846. The van der Waals surface area contributed by atoms with E-state index in [-0.39, 0.29) is 0 Å². The van der Waals surface area contributed by atoms with E-state index < -0.39 is 0 Å². The van der Waals surface area contributed by atoms with Crippen LogP contribution in [0.15, 0.2) is 4.52 Å². The van der Waals surface area contributed by atoms with E-state index in [1.165, 1.54) is 0 Å². The monoisotopic (exact) mass is 239 g/mol. The molecule has 0 saturated carbocycles. The molecule has 1 heterocycles. The number of aromatic nitrogens is 2. The van der Waals surface area contributed by atoms with Crippen LogP contribution < -0.4 is 5.32 Å². The number of nitrogens with zero attached hydrogens (tertiary/aromatic N) is 2. The van der Waals surface area contributed by atoms with Crippen molar-refractivity contribution < 1.29 is 4.52 Å². The van der Waals surface area contributed by atoms with Gasteiger partial charge < -0.3 is 9.84 Å². The van der Waals surface area contributed by atoms with Crippen molar-refractivity contribution >= 4 is 0 Å². The van der Waals surface area contributed by atoms with Crippen LogP contribution >= 0.6 is 0 Å². The molecule has 0 amide bonds. The van der Waals surface area contributed by atoms with Crippen LogP contribution in [-0.4, -0.2) is 22.7 Å². The Hall–Kier alpha value is -0.900. The van der Waals surface area contributed by atoms with Crippen LogP contribution in [-0.2, 0) is 12.8 Å². The minimum absolute atomic E-state index is 0.410. The molecule has 4 nitrogen and oxygen atoms in total. The van der Waals surface area contributed by atoms with Gasteiger partial charge >= 0.3 is 0 Å². The first-order valence-corrected chi connectivity index (χ1v) is 6.57. The summed E-state index contributed by atoms with van der Waals surface area (Å²) in [6, 6.07) is 0.410. The largest absolute Gasteiger partial charge is 0.339 e. The average molecular weight is 239 g/mol. The lowest BCUT2D eigenvalue weighted by Crippen LogP contribution is -2.35. The molecule has 17 heavy (non-hydrogen) atoms. The van der Waals surface area contributed by atoms with E-state index in [4.69, 9.17) is 4.52 Å². The zero-order valence-corrected chi connectivity index (χ0v) is 11.7. The van der Waals surface area contributed by atoms with Crippen molar-refractivity contribution in [1.82, 2.24) is 15.5 Å². The fourth-order valence-electron chi connectivity index (χ4n) is 1.82. The van der Waals surface area contributed by atoms with Crippen LogP contribution in [0.25, 0.3) is 0 Å². The number of rotatable bonds is 7. The van der Waals surface area contributed by atoms with Crippen molar-refractivity contribution in [1.29, 1.82) is 0 Å². The highest BCUT2D eigenvalue weighted by Gasteiger charge is 2.17. The van der Waals surface area contributed by atoms with Crippen LogP contribution in [0.5, 0.6) is 0 Å². The number of nitrogens with one attached hydrogen (secondary N) is 1. The zero-order valence-electron chi connectivity index (χ0n) is 11.7. The Bertz CT molecular complexity index is 320. The molecule has 0 spiro atoms. The van der Waals surface area contributed by atoms with Crippen molar-refractivity contribution in [3.8, 4) is 0 Å². The van der Waals surface area contributed by atoms with Gasteiger partial charge in [-0.2, -0.15) is 4.98 Å². The summed E-state index contributed by atoms with van der Waals surface area (Å²) in [7, 11) is 0. The standard InChI is InChI=1S/C13H25N3O/c1-6-14-11(10(4)5)8-13-15-12(16-17-13)7-9(2)3/h9-11,14H,6-8H2,1-5H3. The molecule has 0 aliphatic rings. The number of likely N-dealkylation sites (N-methyl/N-ethyl adjacent to an activating group) is 1. The molecule has 0 radical (unpaired) electrons. The molecule has 0 fully saturated rings. The van der Waals surface area contributed by atoms with Gasteiger partial charge in [0.25, 0.3) is 0 Å². The normalized spacial score (nSPS) is 13.6. The van der Waals surface area contributed by atoms with E-state index in [0.29, 0.717) is 17.9 Å². The van der Waals surface area contributed by atoms with Crippen molar-refractivity contribution in [2.45, 2.75) is 53.5 Å². The predicted octanol–water partition coefficient (Wildman–Crippen LogP) is 2.44. The highest BCUT2D eigenvalue weighted by Crippen LogP contribution is 2.10. The predicted molar refractivity (Wildman–Crippen MR) is 68.8 cm³/mol. The topological polar surface area (TPSA) is 51.0 Å². The summed E-state index contributed by atoms with van der Waals surface area (Å²) in [4.78, 5) is 4.44. The summed E-state index contributed by atoms with van der Waals surface area (Å²) in [5.41, 5.74) is 0. The minimum Gasteiger partial charge on any atom is -0.339 e. The Kier molecular flexibility index (Phi) is 5.62. The maximum Gasteiger partial charge on any atom is 0.228 e. The highest BCUT2D eigenvalue weighted by atomic mass is 16.5. The van der Waals surface area contributed by atoms with Gasteiger partial charge in [-0.05, 0) is 18.4 Å². The highest BCUT2D eigenvalue weighted by molar-refractivity contribution is 4.91. The van der Waals surface area contributed by atoms with Crippen LogP contribution in [0.1, 0.15) is 46.3 Å². The number of hydrogen-bond acceptors (Lipinski definition) is 4. The lowest BCUT2D eigenvalue weighted by Gasteiger charge is -2.19. The first-order chi connectivity index (χ1) is 8.02. The van der Waals surface area contributed by atoms with Crippen LogP contribution in [0.4, 0.5) is 0 Å². The van der Waals surface area contributed by atoms with Crippen LogP contribution in [0.3, 0.4) is 0 Å². The lowest BCUT2D eigenvalue weighted by atomic mass is 10.0. The maximum absolute atomic E-state index is 5.29. The summed E-state index contributed by atoms with van der Waals surface area (Å²) in [5, 5.41) is 7.47. The third kappa shape index (κ3) is 4.86. The van der Waals surface area contributed by atoms with Crippen molar-refractivity contribution in [2.75, 3.05) is 6.54 Å². The van der Waals surface area contributed by atoms with Gasteiger partial charge in [0, 0.05) is 18.9 Å². The van der Waals surface area contributed by atoms with Gasteiger partial charge in [0.05, 0.1) is 0 Å². The van der Waals surface area contributed by atoms with Gasteiger partial charge in [-0.3, -0.25) is 0 Å². The van der Waals surface area contributed by atoms with E-state index in [2.05, 4.69) is 50.1 Å². The SMILES string of the molecule is CCNC(Cc1nc(CC(C)C)no1)C(C)C. The fourth-order valence-corrected chi connectivity index (χ4v) is 1.82. The third-order valence-corrected chi connectivity index (χ3v) is 2.77. The van der Waals surface area contributed by atoms with E-state index in [1.807, 2.05) is 0 Å². The summed E-state index contributed by atoms with van der Waals surface area (Å²) < 4.78 is 5.29. The molecular formula is C13H25N3O. The smallest absolute Gasteiger partial charge is 0.228 e. The molecule has 1 N–H and O–H groups in total. The van der Waals surface area contributed by atoms with Gasteiger partial charge in [-0.15, -0.1) is 0 Å². The van der Waals surface area contributed by atoms with Crippen LogP contribution in [0.2, 0.25) is 0 Å². The molecule has 0 aliphatic carbocycles. The molecule has 0 saturated heterocycles. The summed E-state index contributed by atoms with van der Waals surface area (Å²) in [6.07, 6.45) is 1.70. The Labute approximate surface area is 104 Å². The second-order valence-electron chi connectivity index (χ2n) is 5.31. The second kappa shape index (κ2) is 6.74. The van der Waals surface area contributed by atoms with E-state index >= 15 is 0 Å². The Balaban J connectivity index is 2.57. The third-order valence-electron chi connectivity index (χ3n) is 2.77. The summed E-state index contributed by atoms with van der Waals surface area (Å²) in [6.45, 7) is 11.8. The second-order valence-corrected chi connectivity index (χ2v) is 5.31. The Morgan fingerprint density at radius 2 is 1.88 bits per heavy atom. The van der Waals surface area contributed by atoms with Crippen molar-refractivity contribution in [3.05, 3.63) is 11.7 Å². The molecule has 0 aromatic carbocycles. The maximum atomic E-state index is 5.29. The first-order valence-electron chi connectivity index (χ1n) is 6.57. The molecule has 1 rings (SSSR count). The van der Waals surface area contributed by atoms with Gasteiger partial charge in [-0.1, -0.05) is 39.8 Å². The van der Waals surface area contributed by atoms with Gasteiger partial charge in [0.1, 0.15) is 0 Å². The van der Waals surface area contributed by atoms with Gasteiger partial charge in [-0.25, -0.2) is 0 Å². The quantitative estimate of drug-likeness (QED) is 0.794. The Morgan fingerprint density at radius 3 is 2.41 bits per heavy atom. The van der Waals surface area contributed by atoms with E-state index in [0.717, 1.165) is 31.1 Å². The molecule has 1 unspecified atom stereocenters. The van der Waals surface area contributed by atoms with Gasteiger partial charge in [0.2, 0.25) is 5.89 Å². The number of hydrogen-bond donors (Lipinski definition) is 1. The Morgan fingerprint density at radius 1 is 1.18 bits per heavy atom. The first kappa shape index (κ1) is 14.2. The lowest BCUT2D eigenvalue weighted by molar-refractivity contribution is 0.326. The summed E-state index contributed by atoms with van der Waals surface area (Å²) >= 11 is 0. The molecular weight excluding hydrogens is 214 g/mol. The molecule has 98 valence electrons. The van der Waals surface area contributed by atoms with Crippen molar-refractivity contribution in [2.24, 2.45) is 11.8 Å². The van der Waals surface area contributed by atoms with Gasteiger partial charge in [0.15, 0.2) is 5.82 Å². The minimum atomic E-state index is 0.410. The summed E-state index contributed by atoms with van der Waals surface area (Å²) in [5.74, 6) is 2.71. The molecule has 0 aliphatic heterocycles. The molecule has 0 bridgehead atoms. The molecule has 1 aromatic heterocycles. The van der Waals surface area contributed by atoms with E-state index in [1.54, 1.807) is 0 Å². The van der Waals surface area contributed by atoms with E-state index in [9.17, 15) is 0 Å². The van der Waals surface area contributed by atoms with Crippen LogP contribution in [0, 0.1) is 11.8 Å². The molecule has 1 aromatic rings. The molecule has 4 heteroatoms. The van der Waals surface area contributed by atoms with Crippen molar-refractivity contribution in [3.63, 3.8) is 0 Å². The average Bonchev–Trinajstić information content (AvgIpc) is 2.63.